The molecular formula is C10H15N3O2. The summed E-state index contributed by atoms with van der Waals surface area (Å²) in [5.74, 6) is 0.532. The summed E-state index contributed by atoms with van der Waals surface area (Å²) in [7, 11) is 0. The van der Waals surface area contributed by atoms with Gasteiger partial charge in [0.05, 0.1) is 6.61 Å². The first-order valence-electron chi connectivity index (χ1n) is 5.19. The van der Waals surface area contributed by atoms with Gasteiger partial charge in [-0.3, -0.25) is 0 Å². The molecule has 0 radical (unpaired) electrons. The fraction of sp³-hybridized carbons (Fsp3) is 0.600. The van der Waals surface area contributed by atoms with Crippen LogP contribution in [-0.4, -0.2) is 28.2 Å². The number of hydrogen-bond acceptors (Lipinski definition) is 4. The number of carbonyl (C=O) groups is 1. The molecule has 5 heteroatoms. The molecule has 1 unspecified atom stereocenters. The zero-order valence-electron chi connectivity index (χ0n) is 8.77. The first kappa shape index (κ1) is 10.2. The van der Waals surface area contributed by atoms with Crippen LogP contribution in [0.3, 0.4) is 0 Å². The summed E-state index contributed by atoms with van der Waals surface area (Å²) in [6, 6.07) is 0.162. The summed E-state index contributed by atoms with van der Waals surface area (Å²) < 4.78 is 6.87. The number of esters is 1. The van der Waals surface area contributed by atoms with Crippen LogP contribution in [0.25, 0.3) is 0 Å². The molecule has 0 aromatic carbocycles. The van der Waals surface area contributed by atoms with E-state index in [-0.39, 0.29) is 12.0 Å². The standard InChI is InChI=1S/C10H15N3O2/c1-2-15-10(14)8-6-13-4-3-7(11)5-9(13)12-8/h6-7H,2-5,11H2,1H3. The number of rotatable bonds is 2. The molecule has 5 nitrogen and oxygen atoms in total. The molecule has 2 heterocycles. The Morgan fingerprint density at radius 1 is 1.80 bits per heavy atom. The van der Waals surface area contributed by atoms with Crippen molar-refractivity contribution >= 4 is 5.97 Å². The lowest BCUT2D eigenvalue weighted by Crippen LogP contribution is -2.30. The van der Waals surface area contributed by atoms with Gasteiger partial charge in [-0.2, -0.15) is 0 Å². The zero-order valence-corrected chi connectivity index (χ0v) is 8.77. The fourth-order valence-electron chi connectivity index (χ4n) is 1.76. The Hall–Kier alpha value is -1.36. The molecule has 0 bridgehead atoms. The van der Waals surface area contributed by atoms with Gasteiger partial charge in [0.15, 0.2) is 5.69 Å². The number of fused-ring (bicyclic) bond motifs is 1. The minimum Gasteiger partial charge on any atom is -0.461 e. The van der Waals surface area contributed by atoms with Crippen LogP contribution in [0.4, 0.5) is 0 Å². The predicted molar refractivity (Wildman–Crippen MR) is 54.5 cm³/mol. The van der Waals surface area contributed by atoms with Crippen LogP contribution in [0, 0.1) is 0 Å². The van der Waals surface area contributed by atoms with Crippen molar-refractivity contribution in [3.8, 4) is 0 Å². The van der Waals surface area contributed by atoms with Gasteiger partial charge in [0.2, 0.25) is 0 Å². The molecule has 0 spiro atoms. The maximum atomic E-state index is 11.4. The van der Waals surface area contributed by atoms with Gasteiger partial charge in [-0.1, -0.05) is 0 Å². The van der Waals surface area contributed by atoms with E-state index >= 15 is 0 Å². The van der Waals surface area contributed by atoms with Crippen LogP contribution in [0.15, 0.2) is 6.20 Å². The average Bonchev–Trinajstić information content (AvgIpc) is 2.60. The first-order chi connectivity index (χ1) is 7.20. The minimum atomic E-state index is -0.354. The van der Waals surface area contributed by atoms with E-state index in [1.807, 2.05) is 4.57 Å². The first-order valence-corrected chi connectivity index (χ1v) is 5.19. The van der Waals surface area contributed by atoms with Crippen molar-refractivity contribution in [2.75, 3.05) is 6.61 Å². The number of aromatic nitrogens is 2. The molecule has 1 aromatic heterocycles. The Labute approximate surface area is 88.2 Å². The van der Waals surface area contributed by atoms with Crippen molar-refractivity contribution in [2.45, 2.75) is 32.4 Å². The molecule has 1 aliphatic rings. The lowest BCUT2D eigenvalue weighted by atomic mass is 10.1. The molecule has 2 rings (SSSR count). The molecule has 1 aromatic rings. The Morgan fingerprint density at radius 3 is 3.33 bits per heavy atom. The monoisotopic (exact) mass is 209 g/mol. The number of nitrogens with zero attached hydrogens (tertiary/aromatic N) is 2. The SMILES string of the molecule is CCOC(=O)c1cn2c(n1)CC(N)CC2. The van der Waals surface area contributed by atoms with E-state index < -0.39 is 0 Å². The topological polar surface area (TPSA) is 70.1 Å². The van der Waals surface area contributed by atoms with Gasteiger partial charge >= 0.3 is 5.97 Å². The van der Waals surface area contributed by atoms with Crippen molar-refractivity contribution < 1.29 is 9.53 Å². The van der Waals surface area contributed by atoms with Crippen molar-refractivity contribution in [3.63, 3.8) is 0 Å². The molecular weight excluding hydrogens is 194 g/mol. The molecule has 82 valence electrons. The van der Waals surface area contributed by atoms with Gasteiger partial charge in [0.25, 0.3) is 0 Å². The van der Waals surface area contributed by atoms with Gasteiger partial charge in [-0.15, -0.1) is 0 Å². The number of carbonyl (C=O) groups excluding carboxylic acids is 1. The van der Waals surface area contributed by atoms with Crippen molar-refractivity contribution in [1.29, 1.82) is 0 Å². The molecule has 0 saturated heterocycles. The molecule has 0 amide bonds. The van der Waals surface area contributed by atoms with Gasteiger partial charge in [0.1, 0.15) is 5.82 Å². The van der Waals surface area contributed by atoms with E-state index in [2.05, 4.69) is 4.98 Å². The molecule has 0 aliphatic carbocycles. The molecule has 2 N–H and O–H groups in total. The van der Waals surface area contributed by atoms with Crippen LogP contribution in [0.5, 0.6) is 0 Å². The average molecular weight is 209 g/mol. The Balaban J connectivity index is 2.19. The van der Waals surface area contributed by atoms with E-state index in [0.29, 0.717) is 12.3 Å². The number of hydrogen-bond donors (Lipinski definition) is 1. The highest BCUT2D eigenvalue weighted by Gasteiger charge is 2.20. The highest BCUT2D eigenvalue weighted by atomic mass is 16.5. The van der Waals surface area contributed by atoms with E-state index in [1.165, 1.54) is 0 Å². The molecule has 0 saturated carbocycles. The Morgan fingerprint density at radius 2 is 2.60 bits per heavy atom. The van der Waals surface area contributed by atoms with Crippen LogP contribution in [0.1, 0.15) is 29.7 Å². The summed E-state index contributed by atoms with van der Waals surface area (Å²) in [6.07, 6.45) is 3.42. The maximum Gasteiger partial charge on any atom is 0.358 e. The summed E-state index contributed by atoms with van der Waals surface area (Å²) in [5.41, 5.74) is 6.21. The summed E-state index contributed by atoms with van der Waals surface area (Å²) in [6.45, 7) is 2.99. The maximum absolute atomic E-state index is 11.4. The second kappa shape index (κ2) is 4.02. The summed E-state index contributed by atoms with van der Waals surface area (Å²) in [5, 5.41) is 0. The van der Waals surface area contributed by atoms with E-state index in [4.69, 9.17) is 10.5 Å². The van der Waals surface area contributed by atoms with Gasteiger partial charge in [-0.25, -0.2) is 9.78 Å². The summed E-state index contributed by atoms with van der Waals surface area (Å²) >= 11 is 0. The number of imidazole rings is 1. The van der Waals surface area contributed by atoms with Gasteiger partial charge in [-0.05, 0) is 13.3 Å². The van der Waals surface area contributed by atoms with E-state index in [9.17, 15) is 4.79 Å². The highest BCUT2D eigenvalue weighted by Crippen LogP contribution is 2.14. The van der Waals surface area contributed by atoms with Crippen LogP contribution < -0.4 is 5.73 Å². The van der Waals surface area contributed by atoms with Crippen molar-refractivity contribution in [2.24, 2.45) is 5.73 Å². The van der Waals surface area contributed by atoms with Crippen molar-refractivity contribution in [1.82, 2.24) is 9.55 Å². The number of nitrogens with two attached hydrogens (primary N) is 1. The lowest BCUT2D eigenvalue weighted by molar-refractivity contribution is 0.0520. The molecule has 1 atom stereocenters. The van der Waals surface area contributed by atoms with E-state index in [1.54, 1.807) is 13.1 Å². The molecule has 0 fully saturated rings. The second-order valence-electron chi connectivity index (χ2n) is 3.71. The third-order valence-corrected chi connectivity index (χ3v) is 2.53. The van der Waals surface area contributed by atoms with Crippen molar-refractivity contribution in [3.05, 3.63) is 17.7 Å². The Kier molecular flexibility index (Phi) is 2.73. The highest BCUT2D eigenvalue weighted by molar-refractivity contribution is 5.87. The van der Waals surface area contributed by atoms with Crippen LogP contribution in [-0.2, 0) is 17.7 Å². The third kappa shape index (κ3) is 2.02. The molecule has 1 aliphatic heterocycles. The van der Waals surface area contributed by atoms with Gasteiger partial charge in [0, 0.05) is 25.2 Å². The second-order valence-corrected chi connectivity index (χ2v) is 3.71. The van der Waals surface area contributed by atoms with Gasteiger partial charge < -0.3 is 15.0 Å². The van der Waals surface area contributed by atoms with Crippen LogP contribution in [0.2, 0.25) is 0 Å². The smallest absolute Gasteiger partial charge is 0.358 e. The quantitative estimate of drug-likeness (QED) is 0.713. The van der Waals surface area contributed by atoms with E-state index in [0.717, 1.165) is 25.2 Å². The zero-order chi connectivity index (χ0) is 10.8. The fourth-order valence-corrected chi connectivity index (χ4v) is 1.76. The Bertz CT molecular complexity index is 373. The lowest BCUT2D eigenvalue weighted by Gasteiger charge is -2.18. The largest absolute Gasteiger partial charge is 0.461 e. The summed E-state index contributed by atoms with van der Waals surface area (Å²) in [4.78, 5) is 15.6. The number of aryl methyl sites for hydroxylation is 1. The third-order valence-electron chi connectivity index (χ3n) is 2.53. The number of ether oxygens (including phenoxy) is 1. The normalized spacial score (nSPS) is 19.7. The van der Waals surface area contributed by atoms with Crippen LogP contribution >= 0.6 is 0 Å². The minimum absolute atomic E-state index is 0.162. The predicted octanol–water partition coefficient (Wildman–Crippen LogP) is 0.333. The molecule has 15 heavy (non-hydrogen) atoms.